The van der Waals surface area contributed by atoms with E-state index in [2.05, 4.69) is 5.32 Å². The van der Waals surface area contributed by atoms with Crippen molar-refractivity contribution in [3.05, 3.63) is 35.4 Å². The highest BCUT2D eigenvalue weighted by atomic mass is 32.2. The lowest BCUT2D eigenvalue weighted by Crippen LogP contribution is -2.34. The van der Waals surface area contributed by atoms with Gasteiger partial charge in [-0.1, -0.05) is 24.3 Å². The summed E-state index contributed by atoms with van der Waals surface area (Å²) in [6, 6.07) is 7.70. The molecule has 2 rings (SSSR count). The smallest absolute Gasteiger partial charge is 0.167 e. The van der Waals surface area contributed by atoms with E-state index in [-0.39, 0.29) is 0 Å². The van der Waals surface area contributed by atoms with Gasteiger partial charge in [0, 0.05) is 12.8 Å². The molecule has 1 heterocycles. The van der Waals surface area contributed by atoms with Crippen LogP contribution in [0, 0.1) is 0 Å². The van der Waals surface area contributed by atoms with E-state index in [0.717, 1.165) is 24.1 Å². The van der Waals surface area contributed by atoms with Gasteiger partial charge in [0.15, 0.2) is 9.84 Å². The van der Waals surface area contributed by atoms with Crippen LogP contribution in [0.3, 0.4) is 0 Å². The van der Waals surface area contributed by atoms with Crippen LogP contribution in [0.25, 0.3) is 0 Å². The van der Waals surface area contributed by atoms with Crippen molar-refractivity contribution < 1.29 is 8.42 Å². The Morgan fingerprint density at radius 3 is 2.79 bits per heavy atom. The second-order valence-corrected chi connectivity index (χ2v) is 5.74. The molecule has 1 aromatic rings. The number of nitrogens with one attached hydrogen (secondary N) is 1. The van der Waals surface area contributed by atoms with Gasteiger partial charge in [0.25, 0.3) is 0 Å². The highest BCUT2D eigenvalue weighted by molar-refractivity contribution is 7.90. The lowest BCUT2D eigenvalue weighted by molar-refractivity contribution is 0.547. The first-order valence-electron chi connectivity index (χ1n) is 4.59. The highest BCUT2D eigenvalue weighted by Crippen LogP contribution is 2.25. The van der Waals surface area contributed by atoms with Gasteiger partial charge < -0.3 is 0 Å². The van der Waals surface area contributed by atoms with Crippen molar-refractivity contribution >= 4 is 9.84 Å². The lowest BCUT2D eigenvalue weighted by atomic mass is 10.0. The van der Waals surface area contributed by atoms with E-state index in [1.54, 1.807) is 0 Å². The predicted octanol–water partition coefficient (Wildman–Crippen LogP) is 0.875. The van der Waals surface area contributed by atoms with Crippen LogP contribution in [0.1, 0.15) is 16.5 Å². The van der Waals surface area contributed by atoms with Crippen molar-refractivity contribution in [3.63, 3.8) is 0 Å². The molecule has 3 nitrogen and oxygen atoms in total. The molecule has 0 saturated heterocycles. The normalized spacial score (nSPS) is 21.6. The SMILES string of the molecule is CS(=O)(=O)C1NCCc2ccccc21. The molecule has 1 unspecified atom stereocenters. The summed E-state index contributed by atoms with van der Waals surface area (Å²) < 4.78 is 23.0. The summed E-state index contributed by atoms with van der Waals surface area (Å²) in [5.41, 5.74) is 2.04. The Labute approximate surface area is 84.1 Å². The van der Waals surface area contributed by atoms with E-state index >= 15 is 0 Å². The standard InChI is InChI=1S/C10H13NO2S/c1-14(12,13)10-9-5-3-2-4-8(9)6-7-11-10/h2-5,10-11H,6-7H2,1H3. The van der Waals surface area contributed by atoms with Gasteiger partial charge >= 0.3 is 0 Å². The summed E-state index contributed by atoms with van der Waals surface area (Å²) in [6.07, 6.45) is 2.18. The first-order chi connectivity index (χ1) is 6.59. The molecule has 0 amide bonds. The molecule has 0 aliphatic carbocycles. The molecule has 0 bridgehead atoms. The number of hydrogen-bond donors (Lipinski definition) is 1. The van der Waals surface area contributed by atoms with Gasteiger partial charge in [-0.3, -0.25) is 5.32 Å². The Hall–Kier alpha value is -0.870. The average Bonchev–Trinajstić information content (AvgIpc) is 2.15. The zero-order chi connectivity index (χ0) is 10.2. The van der Waals surface area contributed by atoms with Crippen LogP contribution in [-0.4, -0.2) is 21.2 Å². The Balaban J connectivity index is 2.51. The van der Waals surface area contributed by atoms with Crippen molar-refractivity contribution in [1.29, 1.82) is 0 Å². The zero-order valence-electron chi connectivity index (χ0n) is 8.03. The number of hydrogen-bond acceptors (Lipinski definition) is 3. The van der Waals surface area contributed by atoms with Gasteiger partial charge in [-0.2, -0.15) is 0 Å². The van der Waals surface area contributed by atoms with Gasteiger partial charge in [0.2, 0.25) is 0 Å². The number of fused-ring (bicyclic) bond motifs is 1. The van der Waals surface area contributed by atoms with Crippen LogP contribution in [0.5, 0.6) is 0 Å². The van der Waals surface area contributed by atoms with E-state index in [4.69, 9.17) is 0 Å². The third kappa shape index (κ3) is 1.67. The summed E-state index contributed by atoms with van der Waals surface area (Å²) >= 11 is 0. The van der Waals surface area contributed by atoms with Gasteiger partial charge in [0.05, 0.1) is 0 Å². The summed E-state index contributed by atoms with van der Waals surface area (Å²) in [7, 11) is -3.05. The van der Waals surface area contributed by atoms with Crippen LogP contribution in [-0.2, 0) is 16.3 Å². The summed E-state index contributed by atoms with van der Waals surface area (Å²) in [5.74, 6) is 0. The van der Waals surface area contributed by atoms with Crippen molar-refractivity contribution in [1.82, 2.24) is 5.32 Å². The topological polar surface area (TPSA) is 46.2 Å². The molecule has 1 aliphatic rings. The van der Waals surface area contributed by atoms with Crippen LogP contribution in [0.4, 0.5) is 0 Å². The molecule has 1 N–H and O–H groups in total. The van der Waals surface area contributed by atoms with Gasteiger partial charge in [-0.25, -0.2) is 8.42 Å². The summed E-state index contributed by atoms with van der Waals surface area (Å²) in [4.78, 5) is 0. The molecule has 1 atom stereocenters. The molecule has 14 heavy (non-hydrogen) atoms. The number of benzene rings is 1. The summed E-state index contributed by atoms with van der Waals surface area (Å²) in [6.45, 7) is 0.731. The fourth-order valence-electron chi connectivity index (χ4n) is 1.85. The Morgan fingerprint density at radius 1 is 1.36 bits per heavy atom. The fourth-order valence-corrected chi connectivity index (χ4v) is 2.96. The largest absolute Gasteiger partial charge is 0.297 e. The molecule has 0 fully saturated rings. The molecule has 0 saturated carbocycles. The molecule has 1 aromatic carbocycles. The van der Waals surface area contributed by atoms with E-state index in [1.807, 2.05) is 24.3 Å². The maximum absolute atomic E-state index is 11.5. The van der Waals surface area contributed by atoms with Gasteiger partial charge in [0.1, 0.15) is 5.37 Å². The van der Waals surface area contributed by atoms with Crippen LogP contribution >= 0.6 is 0 Å². The second kappa shape index (κ2) is 3.37. The van der Waals surface area contributed by atoms with Crippen molar-refractivity contribution in [2.45, 2.75) is 11.8 Å². The first-order valence-corrected chi connectivity index (χ1v) is 6.54. The molecule has 0 spiro atoms. The van der Waals surface area contributed by atoms with E-state index < -0.39 is 15.2 Å². The fraction of sp³-hybridized carbons (Fsp3) is 0.400. The lowest BCUT2D eigenvalue weighted by Gasteiger charge is -2.25. The van der Waals surface area contributed by atoms with Crippen molar-refractivity contribution in [2.75, 3.05) is 12.8 Å². The minimum absolute atomic E-state index is 0.521. The zero-order valence-corrected chi connectivity index (χ0v) is 8.84. The van der Waals surface area contributed by atoms with Gasteiger partial charge in [-0.15, -0.1) is 0 Å². The van der Waals surface area contributed by atoms with Crippen LogP contribution < -0.4 is 5.32 Å². The van der Waals surface area contributed by atoms with E-state index in [9.17, 15) is 8.42 Å². The van der Waals surface area contributed by atoms with Gasteiger partial charge in [-0.05, 0) is 17.5 Å². The van der Waals surface area contributed by atoms with Crippen molar-refractivity contribution in [3.8, 4) is 0 Å². The number of sulfone groups is 1. The molecule has 76 valence electrons. The Bertz CT molecular complexity index is 439. The molecular weight excluding hydrogens is 198 g/mol. The Morgan fingerprint density at radius 2 is 2.07 bits per heavy atom. The molecule has 1 aliphatic heterocycles. The number of rotatable bonds is 1. The minimum atomic E-state index is -3.05. The van der Waals surface area contributed by atoms with E-state index in [1.165, 1.54) is 6.26 Å². The predicted molar refractivity (Wildman–Crippen MR) is 55.7 cm³/mol. The second-order valence-electron chi connectivity index (χ2n) is 3.61. The third-order valence-electron chi connectivity index (χ3n) is 2.49. The maximum Gasteiger partial charge on any atom is 0.167 e. The highest BCUT2D eigenvalue weighted by Gasteiger charge is 2.27. The maximum atomic E-state index is 11.5. The molecule has 4 heteroatoms. The molecular formula is C10H13NO2S. The summed E-state index contributed by atoms with van der Waals surface area (Å²) in [5, 5.41) is 2.51. The van der Waals surface area contributed by atoms with Crippen molar-refractivity contribution in [2.24, 2.45) is 0 Å². The minimum Gasteiger partial charge on any atom is -0.297 e. The third-order valence-corrected chi connectivity index (χ3v) is 3.77. The average molecular weight is 211 g/mol. The molecule has 0 aromatic heterocycles. The quantitative estimate of drug-likeness (QED) is 0.750. The van der Waals surface area contributed by atoms with E-state index in [0.29, 0.717) is 0 Å². The first kappa shape index (κ1) is 9.68. The Kier molecular flexibility index (Phi) is 2.33. The monoisotopic (exact) mass is 211 g/mol. The molecule has 0 radical (unpaired) electrons. The van der Waals surface area contributed by atoms with Crippen LogP contribution in [0.15, 0.2) is 24.3 Å². The van der Waals surface area contributed by atoms with Crippen LogP contribution in [0.2, 0.25) is 0 Å².